The molecule has 2 amide bonds. The highest BCUT2D eigenvalue weighted by molar-refractivity contribution is 5.94. The summed E-state index contributed by atoms with van der Waals surface area (Å²) < 4.78 is 12.6. The molecule has 3 aromatic heterocycles. The molecule has 2 aromatic carbocycles. The number of halogens is 1. The minimum atomic E-state index is -1.17. The molecule has 0 radical (unpaired) electrons. The number of nitrogens with one attached hydrogen (secondary N) is 3. The highest BCUT2D eigenvalue weighted by atomic mass is 35.5. The molecule has 16 heteroatoms. The minimum absolute atomic E-state index is 0. The highest BCUT2D eigenvalue weighted by Gasteiger charge is 2.44. The van der Waals surface area contributed by atoms with Crippen LogP contribution in [0.25, 0.3) is 11.2 Å². The molecule has 2 fully saturated rings. The Morgan fingerprint density at radius 2 is 1.56 bits per heavy atom. The monoisotopic (exact) mass is 771 g/mol. The smallest absolute Gasteiger partial charge is 0.251 e. The number of imidazole rings is 1. The number of carbonyl (C=O) groups is 2. The number of pyridine rings is 1. The van der Waals surface area contributed by atoms with Gasteiger partial charge in [0, 0.05) is 56.0 Å². The van der Waals surface area contributed by atoms with E-state index in [0.29, 0.717) is 54.5 Å². The van der Waals surface area contributed by atoms with E-state index in [-0.39, 0.29) is 49.0 Å². The van der Waals surface area contributed by atoms with E-state index in [9.17, 15) is 19.8 Å². The molecule has 1 aliphatic heterocycles. The molecule has 15 nitrogen and oxygen atoms in total. The average molecular weight is 772 g/mol. The molecule has 7 rings (SSSR count). The van der Waals surface area contributed by atoms with Crippen molar-refractivity contribution >= 4 is 47.2 Å². The summed E-state index contributed by atoms with van der Waals surface area (Å²) in [5, 5.41) is 31.7. The second kappa shape index (κ2) is 17.3. The third kappa shape index (κ3) is 8.43. The number of benzene rings is 2. The molecule has 290 valence electrons. The van der Waals surface area contributed by atoms with Gasteiger partial charge in [-0.2, -0.15) is 9.97 Å². The Kier molecular flexibility index (Phi) is 12.3. The molecule has 1 aliphatic carbocycles. The Bertz CT molecular complexity index is 2020. The van der Waals surface area contributed by atoms with E-state index in [2.05, 4.69) is 20.9 Å². The van der Waals surface area contributed by atoms with Crippen molar-refractivity contribution in [3.63, 3.8) is 0 Å². The number of nitrogens with zero attached hydrogens (tertiary/aromatic N) is 6. The van der Waals surface area contributed by atoms with Crippen LogP contribution in [0, 0.1) is 0 Å². The number of hydrogen-bond donors (Lipinski definition) is 5. The second-order valence-electron chi connectivity index (χ2n) is 13.6. The van der Waals surface area contributed by atoms with Gasteiger partial charge in [-0.05, 0) is 60.4 Å². The average Bonchev–Trinajstić information content (AvgIpc) is 3.93. The number of carbonyl (C=O) groups excluding carboxylic acids is 2. The molecule has 0 spiro atoms. The molecule has 5 atom stereocenters. The maximum atomic E-state index is 13.0. The van der Waals surface area contributed by atoms with Crippen molar-refractivity contribution in [2.24, 2.45) is 0 Å². The molecule has 2 aliphatic rings. The van der Waals surface area contributed by atoms with Crippen LogP contribution < -0.4 is 30.3 Å². The number of aliphatic hydroxyl groups excluding tert-OH is 2. The van der Waals surface area contributed by atoms with Crippen LogP contribution in [0.5, 0.6) is 11.5 Å². The van der Waals surface area contributed by atoms with Gasteiger partial charge in [-0.1, -0.05) is 31.2 Å². The van der Waals surface area contributed by atoms with Crippen molar-refractivity contribution in [1.82, 2.24) is 35.1 Å². The molecular weight excluding hydrogens is 726 g/mol. The SMILES string of the molecule is CCC(=O)N[C@H]1C[C@@H](n2cnc3c(NCC(c4ccc(OC)cc4)c4ccc(OC)cc4)nc(N4CCC(NC(=O)c5ccncc5)C4)nc32)[C@H](O)[C@@H]1O.Cl. The van der Waals surface area contributed by atoms with E-state index >= 15 is 0 Å². The topological polar surface area (TPSA) is 189 Å². The lowest BCUT2D eigenvalue weighted by molar-refractivity contribution is -0.122. The number of anilines is 2. The highest BCUT2D eigenvalue weighted by Crippen LogP contribution is 2.36. The third-order valence-electron chi connectivity index (χ3n) is 10.3. The quantitative estimate of drug-likeness (QED) is 0.117. The van der Waals surface area contributed by atoms with Crippen LogP contribution in [0.2, 0.25) is 0 Å². The Labute approximate surface area is 324 Å². The van der Waals surface area contributed by atoms with Gasteiger partial charge in [-0.25, -0.2) is 4.98 Å². The summed E-state index contributed by atoms with van der Waals surface area (Å²) in [7, 11) is 3.28. The first kappa shape index (κ1) is 39.2. The van der Waals surface area contributed by atoms with Gasteiger partial charge in [0.2, 0.25) is 11.9 Å². The number of methoxy groups -OCH3 is 2. The number of aromatic nitrogens is 5. The fraction of sp³-hybridized carbons (Fsp3) is 0.385. The largest absolute Gasteiger partial charge is 0.497 e. The van der Waals surface area contributed by atoms with Gasteiger partial charge in [0.05, 0.1) is 32.6 Å². The maximum absolute atomic E-state index is 13.0. The molecule has 5 aromatic rings. The summed E-state index contributed by atoms with van der Waals surface area (Å²) in [4.78, 5) is 45.9. The lowest BCUT2D eigenvalue weighted by Crippen LogP contribution is -2.42. The van der Waals surface area contributed by atoms with Gasteiger partial charge in [0.1, 0.15) is 23.7 Å². The predicted molar refractivity (Wildman–Crippen MR) is 209 cm³/mol. The van der Waals surface area contributed by atoms with E-state index in [0.717, 1.165) is 22.6 Å². The zero-order chi connectivity index (χ0) is 37.8. The van der Waals surface area contributed by atoms with Crippen LogP contribution in [0.4, 0.5) is 11.8 Å². The lowest BCUT2D eigenvalue weighted by atomic mass is 9.91. The molecular formula is C39H46ClN9O6. The molecule has 0 bridgehead atoms. The van der Waals surface area contributed by atoms with E-state index < -0.39 is 24.3 Å². The van der Waals surface area contributed by atoms with Gasteiger partial charge in [0.25, 0.3) is 5.91 Å². The standard InChI is InChI=1S/C39H45N9O6.ClH/c1-4-32(49)44-30-19-31(35(51)34(30)50)48-22-42-33-36(41-20-29(23-5-9-27(53-2)10-6-23)24-7-11-28(54-3)12-8-24)45-39(46-37(33)48)47-18-15-26(21-47)43-38(52)25-13-16-40-17-14-25;/h5-14,16-17,22,26,29-31,34-35,50-51H,4,15,18-21H2,1-3H3,(H,43,52)(H,44,49)(H,41,45,46);1H/t26?,30-,31+,34+,35-;/m0./s1. The summed E-state index contributed by atoms with van der Waals surface area (Å²) >= 11 is 0. The summed E-state index contributed by atoms with van der Waals surface area (Å²) in [6.07, 6.45) is 3.67. The van der Waals surface area contributed by atoms with Gasteiger partial charge in [0.15, 0.2) is 17.0 Å². The van der Waals surface area contributed by atoms with Crippen LogP contribution >= 0.6 is 12.4 Å². The Morgan fingerprint density at radius 3 is 2.18 bits per heavy atom. The molecule has 5 N–H and O–H groups in total. The van der Waals surface area contributed by atoms with Gasteiger partial charge < -0.3 is 45.1 Å². The first-order valence-electron chi connectivity index (χ1n) is 18.1. The third-order valence-corrected chi connectivity index (χ3v) is 10.3. The fourth-order valence-electron chi connectivity index (χ4n) is 7.28. The number of amides is 2. The van der Waals surface area contributed by atoms with Crippen molar-refractivity contribution < 1.29 is 29.3 Å². The zero-order valence-corrected chi connectivity index (χ0v) is 31.6. The van der Waals surface area contributed by atoms with E-state index in [1.165, 1.54) is 0 Å². The van der Waals surface area contributed by atoms with Crippen LogP contribution in [-0.2, 0) is 4.79 Å². The Balaban J connectivity index is 0.00000514. The van der Waals surface area contributed by atoms with Crippen molar-refractivity contribution in [2.45, 2.75) is 62.4 Å². The number of rotatable bonds is 13. The number of ether oxygens (including phenoxy) is 2. The van der Waals surface area contributed by atoms with E-state index in [4.69, 9.17) is 24.4 Å². The predicted octanol–water partition coefficient (Wildman–Crippen LogP) is 3.47. The first-order valence-corrected chi connectivity index (χ1v) is 18.1. The number of aliphatic hydroxyl groups is 2. The van der Waals surface area contributed by atoms with Crippen molar-refractivity contribution in [2.75, 3.05) is 44.1 Å². The summed E-state index contributed by atoms with van der Waals surface area (Å²) in [6.45, 7) is 3.25. The van der Waals surface area contributed by atoms with Gasteiger partial charge in [-0.3, -0.25) is 14.6 Å². The summed E-state index contributed by atoms with van der Waals surface area (Å²) in [6, 6.07) is 17.9. The first-order chi connectivity index (χ1) is 26.3. The molecule has 1 saturated carbocycles. The second-order valence-corrected chi connectivity index (χ2v) is 13.6. The zero-order valence-electron chi connectivity index (χ0n) is 30.8. The summed E-state index contributed by atoms with van der Waals surface area (Å²) in [5.74, 6) is 1.94. The van der Waals surface area contributed by atoms with Crippen LogP contribution in [0.1, 0.15) is 59.6 Å². The normalized spacial score (nSPS) is 20.6. The van der Waals surface area contributed by atoms with Crippen LogP contribution in [0.3, 0.4) is 0 Å². The van der Waals surface area contributed by atoms with Gasteiger partial charge in [-0.15, -0.1) is 12.4 Å². The summed E-state index contributed by atoms with van der Waals surface area (Å²) in [5.41, 5.74) is 3.60. The van der Waals surface area contributed by atoms with Crippen molar-refractivity contribution in [3.05, 3.63) is 96.1 Å². The lowest BCUT2D eigenvalue weighted by Gasteiger charge is -2.22. The fourth-order valence-corrected chi connectivity index (χ4v) is 7.28. The molecule has 55 heavy (non-hydrogen) atoms. The molecule has 4 heterocycles. The Hall–Kier alpha value is -5.51. The van der Waals surface area contributed by atoms with E-state index in [1.807, 2.05) is 53.4 Å². The van der Waals surface area contributed by atoms with Crippen molar-refractivity contribution in [3.8, 4) is 11.5 Å². The maximum Gasteiger partial charge on any atom is 0.251 e. The number of fused-ring (bicyclic) bond motifs is 1. The Morgan fingerprint density at radius 1 is 0.909 bits per heavy atom. The molecule has 1 unspecified atom stereocenters. The van der Waals surface area contributed by atoms with Crippen LogP contribution in [0.15, 0.2) is 79.4 Å². The molecule has 1 saturated heterocycles. The minimum Gasteiger partial charge on any atom is -0.497 e. The van der Waals surface area contributed by atoms with Crippen LogP contribution in [-0.4, -0.2) is 105 Å². The number of hydrogen-bond acceptors (Lipinski definition) is 12. The van der Waals surface area contributed by atoms with E-state index in [1.54, 1.807) is 56.6 Å². The van der Waals surface area contributed by atoms with Crippen molar-refractivity contribution in [1.29, 1.82) is 0 Å². The van der Waals surface area contributed by atoms with Gasteiger partial charge >= 0.3 is 0 Å².